The summed E-state index contributed by atoms with van der Waals surface area (Å²) in [6.45, 7) is -0.539. The average molecular weight is 327 g/mol. The van der Waals surface area contributed by atoms with Gasteiger partial charge >= 0.3 is 5.97 Å². The van der Waals surface area contributed by atoms with Crippen LogP contribution in [0.5, 0.6) is 0 Å². The molecule has 2 aromatic rings. The van der Waals surface area contributed by atoms with Crippen LogP contribution in [0.4, 0.5) is 0 Å². The minimum atomic E-state index is -1.27. The summed E-state index contributed by atoms with van der Waals surface area (Å²) in [6, 6.07) is 16.8. The van der Waals surface area contributed by atoms with Crippen LogP contribution in [-0.2, 0) is 9.53 Å². The van der Waals surface area contributed by atoms with E-state index in [1.165, 1.54) is 7.11 Å². The number of Topliss-reactive ketones (excluding diaryl/α,β-unsaturated/α-hetero) is 1. The van der Waals surface area contributed by atoms with E-state index in [2.05, 4.69) is 0 Å². The van der Waals surface area contributed by atoms with E-state index in [1.54, 1.807) is 60.7 Å². The molecule has 2 unspecified atom stereocenters. The van der Waals surface area contributed by atoms with Crippen LogP contribution in [-0.4, -0.2) is 30.3 Å². The molecule has 0 bridgehead atoms. The van der Waals surface area contributed by atoms with Crippen molar-refractivity contribution in [3.05, 3.63) is 81.9 Å². The second kappa shape index (κ2) is 8.01. The van der Waals surface area contributed by atoms with Gasteiger partial charge in [-0.25, -0.2) is 0 Å². The Balaban J connectivity index is 2.48. The van der Waals surface area contributed by atoms with Crippen LogP contribution in [0, 0.1) is 16.0 Å². The highest BCUT2D eigenvalue weighted by Crippen LogP contribution is 2.29. The Labute approximate surface area is 139 Å². The second-order valence-electron chi connectivity index (χ2n) is 5.26. The van der Waals surface area contributed by atoms with E-state index in [-0.39, 0.29) is 0 Å². The van der Waals surface area contributed by atoms with Crippen LogP contribution in [0.2, 0.25) is 0 Å². The highest BCUT2D eigenvalue weighted by atomic mass is 16.6. The average Bonchev–Trinajstić information content (AvgIpc) is 2.62. The van der Waals surface area contributed by atoms with Gasteiger partial charge in [0.25, 0.3) is 0 Å². The highest BCUT2D eigenvalue weighted by Gasteiger charge is 2.40. The molecule has 0 saturated carbocycles. The lowest BCUT2D eigenvalue weighted by molar-refractivity contribution is -0.484. The van der Waals surface area contributed by atoms with E-state index >= 15 is 0 Å². The van der Waals surface area contributed by atoms with Gasteiger partial charge in [-0.2, -0.15) is 0 Å². The van der Waals surface area contributed by atoms with Crippen molar-refractivity contribution in [3.8, 4) is 0 Å². The van der Waals surface area contributed by atoms with E-state index in [0.717, 1.165) is 0 Å². The summed E-state index contributed by atoms with van der Waals surface area (Å²) in [7, 11) is 1.17. The fourth-order valence-electron chi connectivity index (χ4n) is 2.63. The third-order valence-corrected chi connectivity index (χ3v) is 3.77. The summed E-state index contributed by atoms with van der Waals surface area (Å²) in [6.07, 6.45) is 0. The molecule has 6 nitrogen and oxygen atoms in total. The zero-order chi connectivity index (χ0) is 17.5. The lowest BCUT2D eigenvalue weighted by atomic mass is 9.81. The van der Waals surface area contributed by atoms with E-state index in [1.807, 2.05) is 0 Å². The maximum Gasteiger partial charge on any atom is 0.317 e. The largest absolute Gasteiger partial charge is 0.468 e. The van der Waals surface area contributed by atoms with Gasteiger partial charge in [-0.3, -0.25) is 19.7 Å². The molecule has 0 saturated heterocycles. The maximum absolute atomic E-state index is 12.8. The standard InChI is InChI=1S/C18H17NO5/c1-24-18(21)16(17(20)14-10-6-3-7-11-14)15(12-19(22)23)13-8-4-2-5-9-13/h2-11,15-16H,12H2,1H3. The predicted octanol–water partition coefficient (Wildman–Crippen LogP) is 2.72. The number of ether oxygens (including phenoxy) is 1. The number of ketones is 1. The number of rotatable bonds is 7. The Morgan fingerprint density at radius 3 is 2.08 bits per heavy atom. The molecule has 0 N–H and O–H groups in total. The van der Waals surface area contributed by atoms with Gasteiger partial charge < -0.3 is 4.74 Å². The molecular weight excluding hydrogens is 310 g/mol. The number of nitrogens with zero attached hydrogens (tertiary/aromatic N) is 1. The smallest absolute Gasteiger partial charge is 0.317 e. The number of benzene rings is 2. The van der Waals surface area contributed by atoms with E-state index in [0.29, 0.717) is 11.1 Å². The van der Waals surface area contributed by atoms with Crippen LogP contribution in [0.15, 0.2) is 60.7 Å². The Kier molecular flexibility index (Phi) is 5.78. The van der Waals surface area contributed by atoms with Crippen molar-refractivity contribution in [2.24, 2.45) is 5.92 Å². The molecule has 0 heterocycles. The molecule has 6 heteroatoms. The van der Waals surface area contributed by atoms with Gasteiger partial charge in [0.05, 0.1) is 13.0 Å². The molecule has 0 radical (unpaired) electrons. The first-order chi connectivity index (χ1) is 11.5. The Morgan fingerprint density at radius 1 is 1.04 bits per heavy atom. The van der Waals surface area contributed by atoms with Crippen molar-refractivity contribution < 1.29 is 19.2 Å². The molecule has 0 amide bonds. The summed E-state index contributed by atoms with van der Waals surface area (Å²) < 4.78 is 4.76. The molecular formula is C18H17NO5. The van der Waals surface area contributed by atoms with Crippen molar-refractivity contribution in [2.75, 3.05) is 13.7 Å². The minimum absolute atomic E-state index is 0.317. The van der Waals surface area contributed by atoms with Gasteiger partial charge in [-0.1, -0.05) is 60.7 Å². The van der Waals surface area contributed by atoms with Gasteiger partial charge in [-0.15, -0.1) is 0 Å². The first-order valence-corrected chi connectivity index (χ1v) is 7.38. The number of esters is 1. The normalized spacial score (nSPS) is 12.9. The monoisotopic (exact) mass is 327 g/mol. The van der Waals surface area contributed by atoms with Crippen LogP contribution in [0.3, 0.4) is 0 Å². The van der Waals surface area contributed by atoms with Gasteiger partial charge in [-0.05, 0) is 5.56 Å². The molecule has 24 heavy (non-hydrogen) atoms. The van der Waals surface area contributed by atoms with Crippen molar-refractivity contribution in [1.82, 2.24) is 0 Å². The summed E-state index contributed by atoms with van der Waals surface area (Å²) in [5.74, 6) is -3.44. The first kappa shape index (κ1) is 17.3. The van der Waals surface area contributed by atoms with Crippen LogP contribution < -0.4 is 0 Å². The van der Waals surface area contributed by atoms with Crippen molar-refractivity contribution in [1.29, 1.82) is 0 Å². The number of carbonyl (C=O) groups is 2. The number of methoxy groups -OCH3 is 1. The quantitative estimate of drug-likeness (QED) is 0.256. The number of nitro groups is 1. The number of hydrogen-bond acceptors (Lipinski definition) is 5. The van der Waals surface area contributed by atoms with Gasteiger partial charge in [0, 0.05) is 10.5 Å². The molecule has 0 spiro atoms. The zero-order valence-electron chi connectivity index (χ0n) is 13.1. The van der Waals surface area contributed by atoms with Crippen molar-refractivity contribution in [2.45, 2.75) is 5.92 Å². The molecule has 2 aromatic carbocycles. The lowest BCUT2D eigenvalue weighted by Crippen LogP contribution is -2.34. The molecule has 0 aliphatic carbocycles. The van der Waals surface area contributed by atoms with Crippen molar-refractivity contribution in [3.63, 3.8) is 0 Å². The van der Waals surface area contributed by atoms with E-state index in [4.69, 9.17) is 4.74 Å². The van der Waals surface area contributed by atoms with Crippen LogP contribution in [0.1, 0.15) is 21.8 Å². The molecule has 0 aliphatic rings. The third-order valence-electron chi connectivity index (χ3n) is 3.77. The van der Waals surface area contributed by atoms with Crippen LogP contribution in [0.25, 0.3) is 0 Å². The number of hydrogen-bond donors (Lipinski definition) is 0. The topological polar surface area (TPSA) is 86.5 Å². The Morgan fingerprint density at radius 2 is 1.58 bits per heavy atom. The fraction of sp³-hybridized carbons (Fsp3) is 0.222. The molecule has 0 aromatic heterocycles. The first-order valence-electron chi connectivity index (χ1n) is 7.38. The van der Waals surface area contributed by atoms with Crippen LogP contribution >= 0.6 is 0 Å². The van der Waals surface area contributed by atoms with Gasteiger partial charge in [0.2, 0.25) is 6.54 Å². The lowest BCUT2D eigenvalue weighted by Gasteiger charge is -2.21. The summed E-state index contributed by atoms with van der Waals surface area (Å²) >= 11 is 0. The molecule has 124 valence electrons. The highest BCUT2D eigenvalue weighted by molar-refractivity contribution is 6.09. The van der Waals surface area contributed by atoms with E-state index < -0.39 is 35.1 Å². The van der Waals surface area contributed by atoms with E-state index in [9.17, 15) is 19.7 Å². The molecule has 0 fully saturated rings. The Bertz CT molecular complexity index is 715. The fourth-order valence-corrected chi connectivity index (χ4v) is 2.63. The minimum Gasteiger partial charge on any atom is -0.468 e. The van der Waals surface area contributed by atoms with Crippen molar-refractivity contribution >= 4 is 11.8 Å². The SMILES string of the molecule is COC(=O)C(C(=O)c1ccccc1)C(C[N+](=O)[O-])c1ccccc1. The third kappa shape index (κ3) is 4.04. The number of carbonyl (C=O) groups excluding carboxylic acids is 2. The maximum atomic E-state index is 12.8. The Hall–Kier alpha value is -3.02. The molecule has 2 atom stereocenters. The molecule has 2 rings (SSSR count). The van der Waals surface area contributed by atoms with Gasteiger partial charge in [0.1, 0.15) is 5.92 Å². The summed E-state index contributed by atoms with van der Waals surface area (Å²) in [5.41, 5.74) is 0.867. The predicted molar refractivity (Wildman–Crippen MR) is 87.3 cm³/mol. The van der Waals surface area contributed by atoms with Gasteiger partial charge in [0.15, 0.2) is 5.78 Å². The molecule has 0 aliphatic heterocycles. The summed E-state index contributed by atoms with van der Waals surface area (Å²) in [5, 5.41) is 11.1. The second-order valence-corrected chi connectivity index (χ2v) is 5.26. The summed E-state index contributed by atoms with van der Waals surface area (Å²) in [4.78, 5) is 35.7. The zero-order valence-corrected chi connectivity index (χ0v) is 13.1.